The zero-order chi connectivity index (χ0) is 28.6. The number of benzene rings is 3. The van der Waals surface area contributed by atoms with Crippen molar-refractivity contribution in [1.82, 2.24) is 20.7 Å². The largest absolute Gasteiger partial charge is 0.489 e. The number of ether oxygens (including phenoxy) is 1. The van der Waals surface area contributed by atoms with E-state index in [-0.39, 0.29) is 24.3 Å². The Morgan fingerprint density at radius 3 is 2.54 bits per heavy atom. The summed E-state index contributed by atoms with van der Waals surface area (Å²) in [5.74, 6) is 0.669. The number of hydroxylamine groups is 1. The van der Waals surface area contributed by atoms with Gasteiger partial charge in [-0.25, -0.2) is 10.5 Å². The molecule has 1 saturated carbocycles. The Labute approximate surface area is 238 Å². The second kappa shape index (κ2) is 13.1. The maximum absolute atomic E-state index is 11.5. The summed E-state index contributed by atoms with van der Waals surface area (Å²) in [7, 11) is 0. The van der Waals surface area contributed by atoms with Crippen molar-refractivity contribution < 1.29 is 24.3 Å². The first-order valence-electron chi connectivity index (χ1n) is 13.6. The molecule has 41 heavy (non-hydrogen) atoms. The van der Waals surface area contributed by atoms with Gasteiger partial charge in [0.05, 0.1) is 17.8 Å². The summed E-state index contributed by atoms with van der Waals surface area (Å²) in [5, 5.41) is 12.4. The molecule has 0 bridgehead atoms. The van der Waals surface area contributed by atoms with Crippen molar-refractivity contribution in [3.8, 4) is 17.0 Å². The average molecular weight is 553 g/mol. The van der Waals surface area contributed by atoms with E-state index >= 15 is 0 Å². The summed E-state index contributed by atoms with van der Waals surface area (Å²) in [6.07, 6.45) is 2.34. The van der Waals surface area contributed by atoms with Crippen LogP contribution in [0.2, 0.25) is 0 Å². The number of amides is 3. The molecule has 9 nitrogen and oxygen atoms in total. The summed E-state index contributed by atoms with van der Waals surface area (Å²) in [5.41, 5.74) is 6.97. The number of carbonyl (C=O) groups excluding carboxylic acids is 3. The van der Waals surface area contributed by atoms with Crippen LogP contribution in [0, 0.1) is 11.8 Å². The molecule has 210 valence electrons. The SMILES string of the molecule is O=C(NO)C1CC1Cc1ccc(OCc2cc(-c3ccccc3)nc3ccccc23)cc1.O=CN1CCNC(=O)C1. The number of nitrogens with one attached hydrogen (secondary N) is 2. The average Bonchev–Trinajstić information content (AvgIpc) is 3.79. The normalized spacial score (nSPS) is 17.6. The van der Waals surface area contributed by atoms with Gasteiger partial charge in [0.25, 0.3) is 0 Å². The number of hydrogen-bond acceptors (Lipinski definition) is 6. The van der Waals surface area contributed by atoms with E-state index in [9.17, 15) is 14.4 Å². The number of pyridine rings is 1. The molecule has 1 aromatic heterocycles. The molecule has 0 radical (unpaired) electrons. The van der Waals surface area contributed by atoms with Gasteiger partial charge < -0.3 is 15.0 Å². The fourth-order valence-electron chi connectivity index (χ4n) is 4.93. The molecular weight excluding hydrogens is 520 g/mol. The highest BCUT2D eigenvalue weighted by atomic mass is 16.5. The Hall–Kier alpha value is -4.76. The van der Waals surface area contributed by atoms with Crippen molar-refractivity contribution in [1.29, 1.82) is 0 Å². The lowest BCUT2D eigenvalue weighted by molar-refractivity contribution is -0.130. The van der Waals surface area contributed by atoms with Crippen LogP contribution in [0.1, 0.15) is 17.5 Å². The number of piperazine rings is 1. The van der Waals surface area contributed by atoms with Gasteiger partial charge in [0.2, 0.25) is 18.2 Å². The van der Waals surface area contributed by atoms with E-state index in [2.05, 4.69) is 29.6 Å². The lowest BCUT2D eigenvalue weighted by atomic mass is 10.0. The van der Waals surface area contributed by atoms with Crippen molar-refractivity contribution in [2.24, 2.45) is 11.8 Å². The highest BCUT2D eigenvalue weighted by Gasteiger charge is 2.42. The molecule has 2 unspecified atom stereocenters. The first-order chi connectivity index (χ1) is 20.0. The lowest BCUT2D eigenvalue weighted by Crippen LogP contribution is -2.46. The van der Waals surface area contributed by atoms with Crippen LogP contribution >= 0.6 is 0 Å². The standard InChI is InChI=1S/C27H24N2O3.C5H8N2O2/c30-27(29-31)24-15-20(24)14-18-10-12-22(13-11-18)32-17-21-16-26(19-6-2-1-3-7-19)28-25-9-5-4-8-23(21)25;8-4-7-2-1-6-5(9)3-7/h1-13,16,20,24,31H,14-15,17H2,(H,29,30);4H,1-3H2,(H,6,9). The maximum Gasteiger partial charge on any atom is 0.246 e. The minimum Gasteiger partial charge on any atom is -0.489 e. The molecule has 1 aliphatic heterocycles. The third-order valence-electron chi connectivity index (χ3n) is 7.27. The monoisotopic (exact) mass is 552 g/mol. The number of fused-ring (bicyclic) bond motifs is 1. The summed E-state index contributed by atoms with van der Waals surface area (Å²) < 4.78 is 6.12. The molecule has 2 fully saturated rings. The smallest absolute Gasteiger partial charge is 0.246 e. The van der Waals surface area contributed by atoms with Gasteiger partial charge in [-0.15, -0.1) is 0 Å². The molecule has 4 aromatic rings. The number of aromatic nitrogens is 1. The second-order valence-corrected chi connectivity index (χ2v) is 10.2. The quantitative estimate of drug-likeness (QED) is 0.174. The molecule has 2 atom stereocenters. The highest BCUT2D eigenvalue weighted by molar-refractivity contribution is 5.85. The molecule has 3 amide bonds. The topological polar surface area (TPSA) is 121 Å². The fraction of sp³-hybridized carbons (Fsp3) is 0.250. The number of carbonyl (C=O) groups is 3. The van der Waals surface area contributed by atoms with Gasteiger partial charge in [0.15, 0.2) is 0 Å². The van der Waals surface area contributed by atoms with Crippen molar-refractivity contribution in [2.45, 2.75) is 19.4 Å². The molecule has 1 aliphatic carbocycles. The third kappa shape index (κ3) is 7.26. The van der Waals surface area contributed by atoms with Gasteiger partial charge in [0, 0.05) is 35.5 Å². The molecule has 2 aliphatic rings. The first-order valence-corrected chi connectivity index (χ1v) is 13.6. The van der Waals surface area contributed by atoms with Gasteiger partial charge in [0.1, 0.15) is 12.4 Å². The fourth-order valence-corrected chi connectivity index (χ4v) is 4.93. The molecule has 3 aromatic carbocycles. The van der Waals surface area contributed by atoms with E-state index in [1.165, 1.54) is 4.90 Å². The number of rotatable bonds is 8. The number of hydrogen-bond donors (Lipinski definition) is 3. The van der Waals surface area contributed by atoms with Gasteiger partial charge in [-0.3, -0.25) is 19.6 Å². The highest BCUT2D eigenvalue weighted by Crippen LogP contribution is 2.41. The summed E-state index contributed by atoms with van der Waals surface area (Å²) >= 11 is 0. The van der Waals surface area contributed by atoms with Crippen LogP contribution in [0.4, 0.5) is 0 Å². The predicted molar refractivity (Wildman–Crippen MR) is 154 cm³/mol. The van der Waals surface area contributed by atoms with Crippen LogP contribution in [-0.4, -0.2) is 52.9 Å². The van der Waals surface area contributed by atoms with Crippen LogP contribution in [0.15, 0.2) is 84.9 Å². The molecule has 0 spiro atoms. The zero-order valence-corrected chi connectivity index (χ0v) is 22.5. The molecule has 9 heteroatoms. The Morgan fingerprint density at radius 1 is 1.07 bits per heavy atom. The maximum atomic E-state index is 11.5. The van der Waals surface area contributed by atoms with E-state index in [0.717, 1.165) is 51.9 Å². The Kier molecular flexibility index (Phi) is 8.85. The molecular formula is C32H32N4O5. The molecule has 2 heterocycles. The van der Waals surface area contributed by atoms with Crippen LogP contribution in [-0.2, 0) is 27.4 Å². The molecule has 1 saturated heterocycles. The van der Waals surface area contributed by atoms with Crippen molar-refractivity contribution in [2.75, 3.05) is 19.6 Å². The number of nitrogens with zero attached hydrogens (tertiary/aromatic N) is 2. The first kappa shape index (κ1) is 27.8. The summed E-state index contributed by atoms with van der Waals surface area (Å²) in [6, 6.07) is 28.4. The van der Waals surface area contributed by atoms with E-state index in [1.807, 2.05) is 60.7 Å². The van der Waals surface area contributed by atoms with Crippen LogP contribution in [0.3, 0.4) is 0 Å². The number of para-hydroxylation sites is 1. The van der Waals surface area contributed by atoms with E-state index in [4.69, 9.17) is 14.9 Å². The second-order valence-electron chi connectivity index (χ2n) is 10.2. The molecule has 3 N–H and O–H groups in total. The summed E-state index contributed by atoms with van der Waals surface area (Å²) in [4.78, 5) is 38.3. The van der Waals surface area contributed by atoms with E-state index in [0.29, 0.717) is 32.0 Å². The van der Waals surface area contributed by atoms with E-state index < -0.39 is 0 Å². The van der Waals surface area contributed by atoms with Crippen LogP contribution in [0.25, 0.3) is 22.2 Å². The van der Waals surface area contributed by atoms with Crippen molar-refractivity contribution in [3.63, 3.8) is 0 Å². The van der Waals surface area contributed by atoms with Gasteiger partial charge in [-0.05, 0) is 48.6 Å². The minimum absolute atomic E-state index is 0.0743. The van der Waals surface area contributed by atoms with Crippen molar-refractivity contribution in [3.05, 3.63) is 96.1 Å². The van der Waals surface area contributed by atoms with Gasteiger partial charge >= 0.3 is 0 Å². The third-order valence-corrected chi connectivity index (χ3v) is 7.27. The molecule has 6 rings (SSSR count). The van der Waals surface area contributed by atoms with Gasteiger partial charge in [-0.1, -0.05) is 60.7 Å². The Bertz CT molecular complexity index is 1510. The van der Waals surface area contributed by atoms with Crippen LogP contribution < -0.4 is 15.5 Å². The lowest BCUT2D eigenvalue weighted by Gasteiger charge is -2.21. The minimum atomic E-state index is -0.283. The zero-order valence-electron chi connectivity index (χ0n) is 22.5. The predicted octanol–water partition coefficient (Wildman–Crippen LogP) is 3.74. The Balaban J connectivity index is 0.000000321. The summed E-state index contributed by atoms with van der Waals surface area (Å²) in [6.45, 7) is 1.87. The Morgan fingerprint density at radius 2 is 1.83 bits per heavy atom. The van der Waals surface area contributed by atoms with Crippen LogP contribution in [0.5, 0.6) is 5.75 Å². The van der Waals surface area contributed by atoms with E-state index in [1.54, 1.807) is 5.48 Å². The van der Waals surface area contributed by atoms with Crippen molar-refractivity contribution >= 4 is 29.1 Å². The van der Waals surface area contributed by atoms with Gasteiger partial charge in [-0.2, -0.15) is 0 Å².